The normalized spacial score (nSPS) is 15.8. The van der Waals surface area contributed by atoms with Crippen molar-refractivity contribution in [1.29, 1.82) is 0 Å². The summed E-state index contributed by atoms with van der Waals surface area (Å²) in [6.45, 7) is 3.38. The molecule has 0 bridgehead atoms. The molecule has 2 aromatic rings. The number of carbonyl (C=O) groups excluding carboxylic acids is 1. The van der Waals surface area contributed by atoms with Crippen LogP contribution in [0.4, 0.5) is 5.82 Å². The van der Waals surface area contributed by atoms with E-state index in [1.807, 2.05) is 24.9 Å². The van der Waals surface area contributed by atoms with Crippen molar-refractivity contribution in [3.63, 3.8) is 0 Å². The van der Waals surface area contributed by atoms with Gasteiger partial charge in [-0.1, -0.05) is 0 Å². The smallest absolute Gasteiger partial charge is 0.274 e. The average molecular weight is 300 g/mol. The summed E-state index contributed by atoms with van der Waals surface area (Å²) in [6.07, 6.45) is 5.16. The molecule has 0 aromatic carbocycles. The highest BCUT2D eigenvalue weighted by Crippen LogP contribution is 2.20. The first-order valence-electron chi connectivity index (χ1n) is 7.45. The zero-order valence-electron chi connectivity index (χ0n) is 12.9. The van der Waals surface area contributed by atoms with Crippen LogP contribution in [0.1, 0.15) is 29.0 Å². The molecule has 1 N–H and O–H groups in total. The van der Waals surface area contributed by atoms with E-state index < -0.39 is 0 Å². The van der Waals surface area contributed by atoms with Crippen molar-refractivity contribution in [2.45, 2.75) is 25.8 Å². The van der Waals surface area contributed by atoms with Crippen LogP contribution in [0.5, 0.6) is 0 Å². The number of piperidine rings is 1. The SMILES string of the molecule is Cc1cc(C(=O)N2CCC(N(C)c3ccncn3)CC2)n[nH]1. The number of anilines is 1. The lowest BCUT2D eigenvalue weighted by atomic mass is 10.0. The van der Waals surface area contributed by atoms with Crippen molar-refractivity contribution in [1.82, 2.24) is 25.1 Å². The number of carbonyl (C=O) groups is 1. The third kappa shape index (κ3) is 2.93. The summed E-state index contributed by atoms with van der Waals surface area (Å²) in [4.78, 5) is 24.6. The summed E-state index contributed by atoms with van der Waals surface area (Å²) >= 11 is 0. The van der Waals surface area contributed by atoms with Gasteiger partial charge in [-0.25, -0.2) is 9.97 Å². The van der Waals surface area contributed by atoms with E-state index in [1.165, 1.54) is 0 Å². The van der Waals surface area contributed by atoms with Gasteiger partial charge in [0.05, 0.1) is 0 Å². The number of nitrogens with zero attached hydrogens (tertiary/aromatic N) is 5. The number of aromatic amines is 1. The fraction of sp³-hybridized carbons (Fsp3) is 0.467. The maximum atomic E-state index is 12.4. The second-order valence-corrected chi connectivity index (χ2v) is 5.64. The van der Waals surface area contributed by atoms with E-state index in [1.54, 1.807) is 18.6 Å². The Bertz CT molecular complexity index is 632. The minimum Gasteiger partial charge on any atom is -0.356 e. The van der Waals surface area contributed by atoms with Crippen LogP contribution in [-0.2, 0) is 0 Å². The van der Waals surface area contributed by atoms with Crippen molar-refractivity contribution >= 4 is 11.7 Å². The van der Waals surface area contributed by atoms with Gasteiger partial charge in [-0.05, 0) is 31.9 Å². The van der Waals surface area contributed by atoms with E-state index in [2.05, 4.69) is 25.1 Å². The monoisotopic (exact) mass is 300 g/mol. The standard InChI is InChI=1S/C15H20N6O/c1-11-9-13(19-18-11)15(22)21-7-4-12(5-8-21)20(2)14-3-6-16-10-17-14/h3,6,9-10,12H,4-5,7-8H2,1-2H3,(H,18,19). The number of H-pyrrole nitrogens is 1. The zero-order chi connectivity index (χ0) is 15.5. The minimum atomic E-state index is 0.00693. The Balaban J connectivity index is 1.59. The van der Waals surface area contributed by atoms with Gasteiger partial charge in [0.25, 0.3) is 5.91 Å². The lowest BCUT2D eigenvalue weighted by Gasteiger charge is -2.37. The Labute approximate surface area is 129 Å². The molecule has 2 aromatic heterocycles. The summed E-state index contributed by atoms with van der Waals surface area (Å²) in [5.74, 6) is 0.926. The van der Waals surface area contributed by atoms with Crippen LogP contribution in [0.25, 0.3) is 0 Å². The molecular weight excluding hydrogens is 280 g/mol. The Morgan fingerprint density at radius 1 is 1.41 bits per heavy atom. The highest BCUT2D eigenvalue weighted by molar-refractivity contribution is 5.92. The zero-order valence-corrected chi connectivity index (χ0v) is 12.9. The molecule has 0 spiro atoms. The number of hydrogen-bond acceptors (Lipinski definition) is 5. The quantitative estimate of drug-likeness (QED) is 0.923. The highest BCUT2D eigenvalue weighted by atomic mass is 16.2. The molecule has 0 unspecified atom stereocenters. The van der Waals surface area contributed by atoms with Crippen LogP contribution in [0, 0.1) is 6.92 Å². The number of hydrogen-bond donors (Lipinski definition) is 1. The third-order valence-corrected chi connectivity index (χ3v) is 4.15. The second kappa shape index (κ2) is 6.13. The van der Waals surface area contributed by atoms with Crippen LogP contribution < -0.4 is 4.90 Å². The summed E-state index contributed by atoms with van der Waals surface area (Å²) in [5, 5.41) is 6.87. The molecule has 3 heterocycles. The summed E-state index contributed by atoms with van der Waals surface area (Å²) < 4.78 is 0. The Morgan fingerprint density at radius 3 is 2.77 bits per heavy atom. The molecule has 116 valence electrons. The molecule has 7 nitrogen and oxygen atoms in total. The molecule has 1 amide bonds. The predicted octanol–water partition coefficient (Wildman–Crippen LogP) is 1.25. The van der Waals surface area contributed by atoms with E-state index in [0.717, 1.165) is 37.4 Å². The van der Waals surface area contributed by atoms with Crippen LogP contribution in [0.2, 0.25) is 0 Å². The fourth-order valence-electron chi connectivity index (χ4n) is 2.83. The van der Waals surface area contributed by atoms with Crippen LogP contribution >= 0.6 is 0 Å². The van der Waals surface area contributed by atoms with E-state index in [9.17, 15) is 4.79 Å². The Kier molecular flexibility index (Phi) is 4.04. The number of rotatable bonds is 3. The first kappa shape index (κ1) is 14.5. The van der Waals surface area contributed by atoms with Crippen molar-refractivity contribution in [2.75, 3.05) is 25.0 Å². The molecule has 1 saturated heterocycles. The molecular formula is C15H20N6O. The van der Waals surface area contributed by atoms with E-state index in [4.69, 9.17) is 0 Å². The third-order valence-electron chi connectivity index (χ3n) is 4.15. The second-order valence-electron chi connectivity index (χ2n) is 5.64. The van der Waals surface area contributed by atoms with E-state index in [-0.39, 0.29) is 5.91 Å². The molecule has 0 radical (unpaired) electrons. The van der Waals surface area contributed by atoms with Crippen LogP contribution in [0.15, 0.2) is 24.7 Å². The first-order valence-corrected chi connectivity index (χ1v) is 7.45. The van der Waals surface area contributed by atoms with Gasteiger partial charge < -0.3 is 9.80 Å². The predicted molar refractivity (Wildman–Crippen MR) is 82.7 cm³/mol. The number of amides is 1. The largest absolute Gasteiger partial charge is 0.356 e. The molecule has 3 rings (SSSR count). The Hall–Kier alpha value is -2.44. The van der Waals surface area contributed by atoms with E-state index in [0.29, 0.717) is 11.7 Å². The maximum absolute atomic E-state index is 12.4. The van der Waals surface area contributed by atoms with Gasteiger partial charge in [0.2, 0.25) is 0 Å². The summed E-state index contributed by atoms with van der Waals surface area (Å²) in [6, 6.07) is 4.09. The summed E-state index contributed by atoms with van der Waals surface area (Å²) in [5.41, 5.74) is 1.40. The number of aromatic nitrogens is 4. The van der Waals surface area contributed by atoms with Gasteiger partial charge in [0.15, 0.2) is 0 Å². The molecule has 1 fully saturated rings. The molecule has 0 atom stereocenters. The van der Waals surface area contributed by atoms with Gasteiger partial charge in [-0.2, -0.15) is 5.10 Å². The molecule has 1 aliphatic rings. The highest BCUT2D eigenvalue weighted by Gasteiger charge is 2.27. The van der Waals surface area contributed by atoms with Crippen molar-refractivity contribution in [3.8, 4) is 0 Å². The molecule has 0 aliphatic carbocycles. The first-order chi connectivity index (χ1) is 10.6. The van der Waals surface area contributed by atoms with Gasteiger partial charge in [-0.15, -0.1) is 0 Å². The number of aryl methyl sites for hydroxylation is 1. The van der Waals surface area contributed by atoms with Crippen molar-refractivity contribution < 1.29 is 4.79 Å². The molecule has 1 aliphatic heterocycles. The van der Waals surface area contributed by atoms with E-state index >= 15 is 0 Å². The van der Waals surface area contributed by atoms with Gasteiger partial charge >= 0.3 is 0 Å². The van der Waals surface area contributed by atoms with Crippen LogP contribution in [0.3, 0.4) is 0 Å². The van der Waals surface area contributed by atoms with Crippen LogP contribution in [-0.4, -0.2) is 57.2 Å². The molecule has 0 saturated carbocycles. The fourth-order valence-corrected chi connectivity index (χ4v) is 2.83. The minimum absolute atomic E-state index is 0.00693. The average Bonchev–Trinajstić information content (AvgIpc) is 3.01. The maximum Gasteiger partial charge on any atom is 0.274 e. The van der Waals surface area contributed by atoms with Gasteiger partial charge in [0.1, 0.15) is 17.8 Å². The summed E-state index contributed by atoms with van der Waals surface area (Å²) in [7, 11) is 2.04. The van der Waals surface area contributed by atoms with Crippen molar-refractivity contribution in [2.24, 2.45) is 0 Å². The Morgan fingerprint density at radius 2 is 2.18 bits per heavy atom. The van der Waals surface area contributed by atoms with Gasteiger partial charge in [-0.3, -0.25) is 9.89 Å². The van der Waals surface area contributed by atoms with Crippen molar-refractivity contribution in [3.05, 3.63) is 36.0 Å². The lowest BCUT2D eigenvalue weighted by Crippen LogP contribution is -2.46. The molecule has 7 heteroatoms. The van der Waals surface area contributed by atoms with Gasteiger partial charge in [0, 0.05) is 38.1 Å². The molecule has 22 heavy (non-hydrogen) atoms. The number of likely N-dealkylation sites (tertiary alicyclic amines) is 1. The topological polar surface area (TPSA) is 78.0 Å². The number of nitrogens with one attached hydrogen (secondary N) is 1. The lowest BCUT2D eigenvalue weighted by molar-refractivity contribution is 0.0707.